The van der Waals surface area contributed by atoms with Crippen LogP contribution in [0.2, 0.25) is 0 Å². The molecule has 6 heteroatoms. The molecule has 0 N–H and O–H groups in total. The molecule has 1 unspecified atom stereocenters. The summed E-state index contributed by atoms with van der Waals surface area (Å²) in [5.74, 6) is -0.886. The Morgan fingerprint density at radius 2 is 0.523 bits per heavy atom. The lowest BCUT2D eigenvalue weighted by Gasteiger charge is -2.18. The minimum absolute atomic E-state index is 0.0725. The summed E-state index contributed by atoms with van der Waals surface area (Å²) in [6.07, 6.45) is 62.3. The third kappa shape index (κ3) is 53.0. The van der Waals surface area contributed by atoms with Crippen LogP contribution in [0.15, 0.2) is 12.2 Å². The fourth-order valence-electron chi connectivity index (χ4n) is 8.86. The molecule has 0 saturated carbocycles. The predicted molar refractivity (Wildman–Crippen MR) is 280 cm³/mol. The fraction of sp³-hybridized carbons (Fsp3) is 0.915. The molecule has 0 aliphatic carbocycles. The van der Waals surface area contributed by atoms with Crippen LogP contribution in [0, 0.1) is 0 Å². The zero-order valence-electron chi connectivity index (χ0n) is 44.0. The molecule has 0 aromatic rings. The van der Waals surface area contributed by atoms with Crippen LogP contribution in [0.5, 0.6) is 0 Å². The summed E-state index contributed by atoms with van der Waals surface area (Å²) in [6.45, 7) is 6.64. The second-order valence-electron chi connectivity index (χ2n) is 19.9. The summed E-state index contributed by atoms with van der Waals surface area (Å²) in [6, 6.07) is 0. The summed E-state index contributed by atoms with van der Waals surface area (Å²) in [5.41, 5.74) is 0. The van der Waals surface area contributed by atoms with Crippen molar-refractivity contribution in [1.82, 2.24) is 0 Å². The summed E-state index contributed by atoms with van der Waals surface area (Å²) in [4.78, 5) is 38.0. The molecule has 0 aliphatic heterocycles. The number of rotatable bonds is 54. The number of esters is 3. The van der Waals surface area contributed by atoms with Gasteiger partial charge in [-0.3, -0.25) is 14.4 Å². The summed E-state index contributed by atoms with van der Waals surface area (Å²) in [5, 5.41) is 0. The quantitative estimate of drug-likeness (QED) is 0.0262. The largest absolute Gasteiger partial charge is 0.462 e. The van der Waals surface area contributed by atoms with Crippen molar-refractivity contribution >= 4 is 17.9 Å². The molecule has 0 radical (unpaired) electrons. The molecular formula is C59H112O6. The van der Waals surface area contributed by atoms with Crippen LogP contribution in [0.4, 0.5) is 0 Å². The molecule has 0 amide bonds. The Morgan fingerprint density at radius 3 is 0.831 bits per heavy atom. The van der Waals surface area contributed by atoms with E-state index in [-0.39, 0.29) is 31.1 Å². The molecule has 0 aliphatic rings. The third-order valence-corrected chi connectivity index (χ3v) is 13.3. The van der Waals surface area contributed by atoms with Crippen LogP contribution < -0.4 is 0 Å². The maximum absolute atomic E-state index is 12.8. The second-order valence-corrected chi connectivity index (χ2v) is 19.9. The van der Waals surface area contributed by atoms with E-state index < -0.39 is 6.10 Å². The number of allylic oxidation sites excluding steroid dienone is 2. The third-order valence-electron chi connectivity index (χ3n) is 13.3. The molecule has 0 spiro atoms. The molecule has 0 rings (SSSR count). The summed E-state index contributed by atoms with van der Waals surface area (Å²) in [7, 11) is 0. The van der Waals surface area contributed by atoms with Crippen molar-refractivity contribution in [3.8, 4) is 0 Å². The van der Waals surface area contributed by atoms with Gasteiger partial charge in [0.15, 0.2) is 6.10 Å². The number of hydrogen-bond acceptors (Lipinski definition) is 6. The van der Waals surface area contributed by atoms with E-state index in [1.54, 1.807) is 0 Å². The van der Waals surface area contributed by atoms with Crippen molar-refractivity contribution < 1.29 is 28.6 Å². The first kappa shape index (κ1) is 63.1. The lowest BCUT2D eigenvalue weighted by atomic mass is 10.0. The summed E-state index contributed by atoms with van der Waals surface area (Å²) >= 11 is 0. The summed E-state index contributed by atoms with van der Waals surface area (Å²) < 4.78 is 16.8. The van der Waals surface area contributed by atoms with Crippen molar-refractivity contribution in [1.29, 1.82) is 0 Å². The molecule has 1 atom stereocenters. The van der Waals surface area contributed by atoms with E-state index in [2.05, 4.69) is 32.9 Å². The Bertz CT molecular complexity index is 1010. The van der Waals surface area contributed by atoms with E-state index in [0.717, 1.165) is 57.8 Å². The maximum Gasteiger partial charge on any atom is 0.306 e. The molecule has 0 heterocycles. The highest BCUT2D eigenvalue weighted by atomic mass is 16.6. The van der Waals surface area contributed by atoms with E-state index in [1.807, 2.05) is 0 Å². The second kappa shape index (κ2) is 54.8. The van der Waals surface area contributed by atoms with Gasteiger partial charge in [0.2, 0.25) is 0 Å². The van der Waals surface area contributed by atoms with E-state index in [9.17, 15) is 14.4 Å². The van der Waals surface area contributed by atoms with Gasteiger partial charge >= 0.3 is 17.9 Å². The average Bonchev–Trinajstić information content (AvgIpc) is 3.30. The molecule has 0 aromatic heterocycles. The van der Waals surface area contributed by atoms with Crippen LogP contribution in [0.3, 0.4) is 0 Å². The SMILES string of the molecule is CCCCCC/C=C\CCCC(=O)OCC(COC(=O)CCCCCCCCCCCCCCCCCCCCC)OC(=O)CCCCCCCCCCCCCCCCCCCCC. The van der Waals surface area contributed by atoms with Crippen LogP contribution >= 0.6 is 0 Å². The Kier molecular flexibility index (Phi) is 53.2. The van der Waals surface area contributed by atoms with Crippen molar-refractivity contribution in [3.05, 3.63) is 12.2 Å². The molecule has 384 valence electrons. The van der Waals surface area contributed by atoms with Gasteiger partial charge in [0.05, 0.1) is 0 Å². The van der Waals surface area contributed by atoms with Gasteiger partial charge in [0.25, 0.3) is 0 Å². The fourth-order valence-corrected chi connectivity index (χ4v) is 8.86. The van der Waals surface area contributed by atoms with Gasteiger partial charge in [-0.2, -0.15) is 0 Å². The first-order chi connectivity index (χ1) is 32.0. The first-order valence-electron chi connectivity index (χ1n) is 29.2. The number of carbonyl (C=O) groups excluding carboxylic acids is 3. The smallest absolute Gasteiger partial charge is 0.306 e. The molecule has 6 nitrogen and oxygen atoms in total. The highest BCUT2D eigenvalue weighted by molar-refractivity contribution is 5.71. The van der Waals surface area contributed by atoms with E-state index in [0.29, 0.717) is 19.3 Å². The van der Waals surface area contributed by atoms with Gasteiger partial charge in [-0.25, -0.2) is 0 Å². The standard InChI is InChI=1S/C59H112O6/c1-4-7-10-13-16-19-21-23-25-27-29-31-33-35-37-40-43-46-49-52-58(61)64-55-56(54-63-57(60)51-48-45-42-39-18-15-12-9-6-3)65-59(62)53-50-47-44-41-38-36-34-32-30-28-26-24-22-20-17-14-11-8-5-2/h39,42,56H,4-38,40-41,43-55H2,1-3H3/b42-39-. The number of hydrogen-bond donors (Lipinski definition) is 0. The number of ether oxygens (including phenoxy) is 3. The molecule has 0 fully saturated rings. The topological polar surface area (TPSA) is 78.9 Å². The van der Waals surface area contributed by atoms with Crippen LogP contribution in [0.1, 0.15) is 329 Å². The lowest BCUT2D eigenvalue weighted by molar-refractivity contribution is -0.167. The predicted octanol–water partition coefficient (Wildman–Crippen LogP) is 19.3. The first-order valence-corrected chi connectivity index (χ1v) is 29.2. The van der Waals surface area contributed by atoms with Gasteiger partial charge in [0.1, 0.15) is 13.2 Å². The van der Waals surface area contributed by atoms with Crippen molar-refractivity contribution in [2.75, 3.05) is 13.2 Å². The lowest BCUT2D eigenvalue weighted by Crippen LogP contribution is -2.30. The number of carbonyl (C=O) groups is 3. The van der Waals surface area contributed by atoms with E-state index in [4.69, 9.17) is 14.2 Å². The Balaban J connectivity index is 4.21. The van der Waals surface area contributed by atoms with Crippen LogP contribution in [-0.2, 0) is 28.6 Å². The van der Waals surface area contributed by atoms with Gasteiger partial charge in [-0.05, 0) is 38.5 Å². The van der Waals surface area contributed by atoms with Gasteiger partial charge in [0, 0.05) is 19.3 Å². The molecule has 0 saturated heterocycles. The zero-order chi connectivity index (χ0) is 47.2. The van der Waals surface area contributed by atoms with Gasteiger partial charge < -0.3 is 14.2 Å². The Hall–Kier alpha value is -1.85. The zero-order valence-corrected chi connectivity index (χ0v) is 44.0. The Morgan fingerprint density at radius 1 is 0.292 bits per heavy atom. The highest BCUT2D eigenvalue weighted by Crippen LogP contribution is 2.18. The minimum atomic E-state index is -0.774. The van der Waals surface area contributed by atoms with Crippen molar-refractivity contribution in [2.45, 2.75) is 335 Å². The molecule has 65 heavy (non-hydrogen) atoms. The minimum Gasteiger partial charge on any atom is -0.462 e. The Labute approximate surface area is 405 Å². The normalized spacial score (nSPS) is 12.0. The van der Waals surface area contributed by atoms with E-state index in [1.165, 1.54) is 231 Å². The van der Waals surface area contributed by atoms with Crippen LogP contribution in [-0.4, -0.2) is 37.2 Å². The maximum atomic E-state index is 12.8. The molecular weight excluding hydrogens is 805 g/mol. The van der Waals surface area contributed by atoms with Crippen molar-refractivity contribution in [3.63, 3.8) is 0 Å². The van der Waals surface area contributed by atoms with Gasteiger partial charge in [-0.15, -0.1) is 0 Å². The van der Waals surface area contributed by atoms with Crippen LogP contribution in [0.25, 0.3) is 0 Å². The van der Waals surface area contributed by atoms with E-state index >= 15 is 0 Å². The monoisotopic (exact) mass is 917 g/mol. The average molecular weight is 918 g/mol. The van der Waals surface area contributed by atoms with Gasteiger partial charge in [-0.1, -0.05) is 283 Å². The molecule has 0 aromatic carbocycles. The highest BCUT2D eigenvalue weighted by Gasteiger charge is 2.19. The van der Waals surface area contributed by atoms with Crippen molar-refractivity contribution in [2.24, 2.45) is 0 Å². The molecule has 0 bridgehead atoms. The number of unbranched alkanes of at least 4 members (excludes halogenated alkanes) is 41.